The maximum Gasteiger partial charge on any atom is 0.244 e. The van der Waals surface area contributed by atoms with Gasteiger partial charge in [-0.2, -0.15) is 5.10 Å². The van der Waals surface area contributed by atoms with E-state index >= 15 is 0 Å². The number of aromatic nitrogens is 3. The summed E-state index contributed by atoms with van der Waals surface area (Å²) in [5.74, 6) is 0.303. The molecule has 0 aliphatic rings. The molecule has 21 heavy (non-hydrogen) atoms. The summed E-state index contributed by atoms with van der Waals surface area (Å²) in [5, 5.41) is 6.84. The van der Waals surface area contributed by atoms with Gasteiger partial charge in [0.2, 0.25) is 10.0 Å². The van der Waals surface area contributed by atoms with Gasteiger partial charge in [0.15, 0.2) is 0 Å². The van der Waals surface area contributed by atoms with Crippen molar-refractivity contribution in [2.75, 3.05) is 12.4 Å². The number of halogens is 1. The summed E-state index contributed by atoms with van der Waals surface area (Å²) in [6.45, 7) is 2.23. The van der Waals surface area contributed by atoms with Gasteiger partial charge < -0.3 is 5.32 Å². The maximum absolute atomic E-state index is 12.5. The largest absolute Gasteiger partial charge is 0.372 e. The number of nitrogens with zero attached hydrogens (tertiary/aromatic N) is 3. The Labute approximate surface area is 132 Å². The average molecular weight is 374 g/mol. The summed E-state index contributed by atoms with van der Waals surface area (Å²) in [5.41, 5.74) is 0. The lowest BCUT2D eigenvalue weighted by molar-refractivity contribution is 0.494. The van der Waals surface area contributed by atoms with Crippen LogP contribution in [0.3, 0.4) is 0 Å². The first kappa shape index (κ1) is 15.9. The number of hydrogen-bond donors (Lipinski definition) is 2. The topological polar surface area (TPSA) is 88.9 Å². The van der Waals surface area contributed by atoms with E-state index in [0.29, 0.717) is 16.8 Å². The third kappa shape index (κ3) is 4.02. The summed E-state index contributed by atoms with van der Waals surface area (Å²) < 4.78 is 29.8. The summed E-state index contributed by atoms with van der Waals surface area (Å²) >= 11 is 3.24. The number of anilines is 1. The van der Waals surface area contributed by atoms with E-state index in [1.807, 2.05) is 0 Å². The molecule has 0 aromatic carbocycles. The van der Waals surface area contributed by atoms with Crippen LogP contribution in [0.4, 0.5) is 5.82 Å². The standard InChI is InChI=1S/C12H16BrN5O2S/c1-9(8-18-5-3-4-16-18)17-21(19,20)11-6-10(13)7-15-12(11)14-2/h3-7,9,17H,8H2,1-2H3,(H,14,15). The summed E-state index contributed by atoms with van der Waals surface area (Å²) in [6, 6.07) is 3.00. The second kappa shape index (κ2) is 6.54. The Morgan fingerprint density at radius 1 is 1.48 bits per heavy atom. The summed E-state index contributed by atoms with van der Waals surface area (Å²) in [4.78, 5) is 4.15. The van der Waals surface area contributed by atoms with Crippen LogP contribution in [0.25, 0.3) is 0 Å². The Balaban J connectivity index is 2.20. The van der Waals surface area contributed by atoms with Crippen molar-refractivity contribution in [3.63, 3.8) is 0 Å². The predicted molar refractivity (Wildman–Crippen MR) is 83.5 cm³/mol. The van der Waals surface area contributed by atoms with Crippen molar-refractivity contribution in [1.82, 2.24) is 19.5 Å². The van der Waals surface area contributed by atoms with Crippen molar-refractivity contribution in [2.45, 2.75) is 24.4 Å². The van der Waals surface area contributed by atoms with Crippen molar-refractivity contribution in [1.29, 1.82) is 0 Å². The molecule has 2 aromatic rings. The van der Waals surface area contributed by atoms with E-state index in [1.165, 1.54) is 12.3 Å². The monoisotopic (exact) mass is 373 g/mol. The fourth-order valence-electron chi connectivity index (χ4n) is 1.87. The molecule has 2 N–H and O–H groups in total. The lowest BCUT2D eigenvalue weighted by atomic mass is 10.4. The van der Waals surface area contributed by atoms with Gasteiger partial charge >= 0.3 is 0 Å². The van der Waals surface area contributed by atoms with Gasteiger partial charge in [0.25, 0.3) is 0 Å². The molecule has 2 rings (SSSR count). The molecule has 9 heteroatoms. The molecule has 0 spiro atoms. The van der Waals surface area contributed by atoms with Crippen LogP contribution in [-0.4, -0.2) is 36.3 Å². The molecule has 114 valence electrons. The van der Waals surface area contributed by atoms with Gasteiger partial charge in [-0.15, -0.1) is 0 Å². The normalized spacial score (nSPS) is 13.1. The Bertz CT molecular complexity index is 702. The van der Waals surface area contributed by atoms with Crippen LogP contribution in [0.1, 0.15) is 6.92 Å². The molecule has 1 unspecified atom stereocenters. The van der Waals surface area contributed by atoms with Crippen molar-refractivity contribution >= 4 is 31.8 Å². The highest BCUT2D eigenvalue weighted by Gasteiger charge is 2.22. The smallest absolute Gasteiger partial charge is 0.244 e. The minimum atomic E-state index is -3.67. The van der Waals surface area contributed by atoms with Crippen LogP contribution in [0.2, 0.25) is 0 Å². The fourth-order valence-corrected chi connectivity index (χ4v) is 3.77. The van der Waals surface area contributed by atoms with E-state index in [1.54, 1.807) is 37.1 Å². The Hall–Kier alpha value is -1.45. The quantitative estimate of drug-likeness (QED) is 0.799. The maximum atomic E-state index is 12.5. The van der Waals surface area contributed by atoms with Crippen LogP contribution < -0.4 is 10.0 Å². The molecule has 0 amide bonds. The minimum Gasteiger partial charge on any atom is -0.372 e. The first-order valence-electron chi connectivity index (χ1n) is 6.25. The molecular weight excluding hydrogens is 358 g/mol. The van der Waals surface area contributed by atoms with E-state index in [0.717, 1.165) is 0 Å². The SMILES string of the molecule is CNc1ncc(Br)cc1S(=O)(=O)NC(C)Cn1cccn1. The van der Waals surface area contributed by atoms with E-state index in [4.69, 9.17) is 0 Å². The second-order valence-electron chi connectivity index (χ2n) is 4.50. The Morgan fingerprint density at radius 2 is 2.24 bits per heavy atom. The highest BCUT2D eigenvalue weighted by Crippen LogP contribution is 2.22. The number of hydrogen-bond acceptors (Lipinski definition) is 5. The molecule has 0 aliphatic heterocycles. The first-order chi connectivity index (χ1) is 9.92. The second-order valence-corrected chi connectivity index (χ2v) is 7.10. The van der Waals surface area contributed by atoms with Gasteiger partial charge in [0.05, 0.1) is 6.54 Å². The number of sulfonamides is 1. The van der Waals surface area contributed by atoms with Gasteiger partial charge in [-0.05, 0) is 35.0 Å². The van der Waals surface area contributed by atoms with Crippen LogP contribution in [0, 0.1) is 0 Å². The molecule has 7 nitrogen and oxygen atoms in total. The van der Waals surface area contributed by atoms with Crippen molar-refractivity contribution in [2.24, 2.45) is 0 Å². The fraction of sp³-hybridized carbons (Fsp3) is 0.333. The molecule has 0 radical (unpaired) electrons. The highest BCUT2D eigenvalue weighted by molar-refractivity contribution is 9.10. The predicted octanol–water partition coefficient (Wildman–Crippen LogP) is 1.45. The van der Waals surface area contributed by atoms with Gasteiger partial charge in [0, 0.05) is 36.2 Å². The molecule has 2 heterocycles. The van der Waals surface area contributed by atoms with Crippen molar-refractivity contribution in [3.8, 4) is 0 Å². The third-order valence-corrected chi connectivity index (χ3v) is 4.76. The minimum absolute atomic E-state index is 0.103. The third-order valence-electron chi connectivity index (χ3n) is 2.72. The van der Waals surface area contributed by atoms with Gasteiger partial charge in [-0.25, -0.2) is 18.1 Å². The van der Waals surface area contributed by atoms with Gasteiger partial charge in [-0.1, -0.05) is 0 Å². The number of pyridine rings is 1. The molecule has 2 aromatic heterocycles. The van der Waals surface area contributed by atoms with Crippen LogP contribution in [0.15, 0.2) is 40.1 Å². The van der Waals surface area contributed by atoms with E-state index < -0.39 is 10.0 Å². The number of nitrogens with one attached hydrogen (secondary N) is 2. The highest BCUT2D eigenvalue weighted by atomic mass is 79.9. The van der Waals surface area contributed by atoms with E-state index in [9.17, 15) is 8.42 Å². The van der Waals surface area contributed by atoms with Gasteiger partial charge in [-0.3, -0.25) is 4.68 Å². The lowest BCUT2D eigenvalue weighted by Gasteiger charge is -2.16. The Morgan fingerprint density at radius 3 is 2.86 bits per heavy atom. The molecule has 0 bridgehead atoms. The molecule has 0 aliphatic carbocycles. The molecule has 1 atom stereocenters. The molecule has 0 saturated heterocycles. The zero-order valence-corrected chi connectivity index (χ0v) is 14.0. The van der Waals surface area contributed by atoms with E-state index in [-0.39, 0.29) is 10.9 Å². The van der Waals surface area contributed by atoms with Crippen LogP contribution in [-0.2, 0) is 16.6 Å². The van der Waals surface area contributed by atoms with Crippen molar-refractivity contribution in [3.05, 3.63) is 35.2 Å². The van der Waals surface area contributed by atoms with E-state index in [2.05, 4.69) is 36.1 Å². The average Bonchev–Trinajstić information content (AvgIpc) is 2.90. The molecule has 0 fully saturated rings. The van der Waals surface area contributed by atoms with Gasteiger partial charge in [0.1, 0.15) is 10.7 Å². The van der Waals surface area contributed by atoms with Crippen LogP contribution in [0.5, 0.6) is 0 Å². The number of rotatable bonds is 6. The molecule has 0 saturated carbocycles. The summed E-state index contributed by atoms with van der Waals surface area (Å²) in [6.07, 6.45) is 4.97. The molecular formula is C12H16BrN5O2S. The first-order valence-corrected chi connectivity index (χ1v) is 8.53. The lowest BCUT2D eigenvalue weighted by Crippen LogP contribution is -2.36. The Kier molecular flexibility index (Phi) is 4.96. The zero-order valence-electron chi connectivity index (χ0n) is 11.6. The van der Waals surface area contributed by atoms with Crippen molar-refractivity contribution < 1.29 is 8.42 Å². The zero-order chi connectivity index (χ0) is 15.5. The summed E-state index contributed by atoms with van der Waals surface area (Å²) in [7, 11) is -2.05. The van der Waals surface area contributed by atoms with Crippen LogP contribution >= 0.6 is 15.9 Å².